The number of ether oxygens (including phenoxy) is 1. The highest BCUT2D eigenvalue weighted by Gasteiger charge is 2.67. The van der Waals surface area contributed by atoms with E-state index in [0.717, 1.165) is 10.5 Å². The molecule has 8 heteroatoms. The van der Waals surface area contributed by atoms with Crippen LogP contribution in [0.4, 0.5) is 0 Å². The van der Waals surface area contributed by atoms with E-state index in [2.05, 4.69) is 5.32 Å². The average Bonchev–Trinajstić information content (AvgIpc) is 3.11. The monoisotopic (exact) mass is 410 g/mol. The molecule has 1 aromatic carbocycles. The summed E-state index contributed by atoms with van der Waals surface area (Å²) in [6.07, 6.45) is 2.35. The van der Waals surface area contributed by atoms with Gasteiger partial charge in [0.1, 0.15) is 5.54 Å². The van der Waals surface area contributed by atoms with Gasteiger partial charge >= 0.3 is 5.97 Å². The number of likely N-dealkylation sites (tertiary alicyclic amines) is 1. The van der Waals surface area contributed by atoms with Gasteiger partial charge in [0.25, 0.3) is 0 Å². The quantitative estimate of drug-likeness (QED) is 0.572. The van der Waals surface area contributed by atoms with Crippen molar-refractivity contribution in [2.75, 3.05) is 25.7 Å². The molecule has 2 saturated heterocycles. The number of fused-ring (bicyclic) bond motifs is 1. The Bertz CT molecular complexity index is 757. The van der Waals surface area contributed by atoms with Gasteiger partial charge in [-0.2, -0.15) is 11.8 Å². The second-order valence-corrected chi connectivity index (χ2v) is 8.27. The Morgan fingerprint density at radius 3 is 2.56 bits per heavy atom. The van der Waals surface area contributed by atoms with Crippen molar-refractivity contribution in [3.05, 3.63) is 34.9 Å². The van der Waals surface area contributed by atoms with E-state index in [1.165, 1.54) is 7.05 Å². The van der Waals surface area contributed by atoms with Gasteiger partial charge in [0.05, 0.1) is 18.4 Å². The predicted octanol–water partition coefficient (Wildman–Crippen LogP) is 2.27. The lowest BCUT2D eigenvalue weighted by molar-refractivity contribution is -0.156. The molecule has 0 unspecified atom stereocenters. The fraction of sp³-hybridized carbons (Fsp3) is 0.526. The molecule has 0 saturated carbocycles. The topological polar surface area (TPSA) is 75.7 Å². The molecule has 2 aliphatic rings. The Morgan fingerprint density at radius 1 is 1.30 bits per heavy atom. The molecule has 6 nitrogen and oxygen atoms in total. The van der Waals surface area contributed by atoms with Crippen LogP contribution >= 0.6 is 23.4 Å². The minimum atomic E-state index is -1.22. The first-order chi connectivity index (χ1) is 12.9. The molecule has 146 valence electrons. The molecule has 0 radical (unpaired) electrons. The van der Waals surface area contributed by atoms with E-state index in [9.17, 15) is 14.4 Å². The van der Waals surface area contributed by atoms with Crippen LogP contribution in [0.15, 0.2) is 24.3 Å². The van der Waals surface area contributed by atoms with Crippen LogP contribution in [-0.4, -0.2) is 53.9 Å². The van der Waals surface area contributed by atoms with Crippen molar-refractivity contribution < 1.29 is 19.1 Å². The van der Waals surface area contributed by atoms with Crippen LogP contribution in [0.5, 0.6) is 0 Å². The molecular formula is C19H23ClN2O4S. The van der Waals surface area contributed by atoms with Crippen LogP contribution in [0, 0.1) is 11.8 Å². The number of nitrogens with zero attached hydrogens (tertiary/aromatic N) is 1. The van der Waals surface area contributed by atoms with Gasteiger partial charge in [-0.1, -0.05) is 23.7 Å². The van der Waals surface area contributed by atoms with Gasteiger partial charge in [-0.3, -0.25) is 24.6 Å². The summed E-state index contributed by atoms with van der Waals surface area (Å²) in [6.45, 7) is 1.94. The predicted molar refractivity (Wildman–Crippen MR) is 104 cm³/mol. The normalized spacial score (nSPS) is 29.9. The van der Waals surface area contributed by atoms with Gasteiger partial charge in [-0.05, 0) is 43.0 Å². The van der Waals surface area contributed by atoms with E-state index in [0.29, 0.717) is 17.2 Å². The number of carbonyl (C=O) groups is 3. The van der Waals surface area contributed by atoms with Crippen molar-refractivity contribution in [1.29, 1.82) is 0 Å². The molecular weight excluding hydrogens is 388 g/mol. The molecule has 1 aromatic rings. The number of rotatable bonds is 6. The highest BCUT2D eigenvalue weighted by Crippen LogP contribution is 2.50. The fourth-order valence-electron chi connectivity index (χ4n) is 4.15. The van der Waals surface area contributed by atoms with Gasteiger partial charge < -0.3 is 4.74 Å². The minimum Gasteiger partial charge on any atom is -0.465 e. The number of halogens is 1. The van der Waals surface area contributed by atoms with Crippen molar-refractivity contribution in [2.45, 2.75) is 24.9 Å². The maximum Gasteiger partial charge on any atom is 0.327 e. The first kappa shape index (κ1) is 20.2. The number of benzene rings is 1. The number of nitrogens with one attached hydrogen (secondary N) is 1. The molecule has 0 bridgehead atoms. The number of imide groups is 1. The summed E-state index contributed by atoms with van der Waals surface area (Å²) in [6, 6.07) is 6.67. The summed E-state index contributed by atoms with van der Waals surface area (Å²) < 4.78 is 5.34. The molecule has 2 fully saturated rings. The van der Waals surface area contributed by atoms with Crippen molar-refractivity contribution >= 4 is 41.1 Å². The maximum atomic E-state index is 13.0. The van der Waals surface area contributed by atoms with Crippen LogP contribution in [0.3, 0.4) is 0 Å². The number of hydrogen-bond donors (Lipinski definition) is 1. The molecule has 4 atom stereocenters. The third kappa shape index (κ3) is 3.26. The van der Waals surface area contributed by atoms with E-state index in [-0.39, 0.29) is 18.4 Å². The van der Waals surface area contributed by atoms with Gasteiger partial charge in [0.15, 0.2) is 0 Å². The lowest BCUT2D eigenvalue weighted by Crippen LogP contribution is -2.56. The van der Waals surface area contributed by atoms with Gasteiger partial charge in [-0.25, -0.2) is 0 Å². The third-order valence-corrected chi connectivity index (χ3v) is 6.31. The fourth-order valence-corrected chi connectivity index (χ4v) is 4.80. The smallest absolute Gasteiger partial charge is 0.327 e. The molecule has 27 heavy (non-hydrogen) atoms. The molecule has 1 N–H and O–H groups in total. The molecule has 0 aromatic heterocycles. The van der Waals surface area contributed by atoms with E-state index < -0.39 is 29.4 Å². The van der Waals surface area contributed by atoms with Crippen molar-refractivity contribution in [3.8, 4) is 0 Å². The van der Waals surface area contributed by atoms with Crippen molar-refractivity contribution in [3.63, 3.8) is 0 Å². The largest absolute Gasteiger partial charge is 0.465 e. The van der Waals surface area contributed by atoms with Crippen molar-refractivity contribution in [2.24, 2.45) is 11.8 Å². The average molecular weight is 411 g/mol. The zero-order valence-electron chi connectivity index (χ0n) is 15.5. The lowest BCUT2D eigenvalue weighted by atomic mass is 9.78. The van der Waals surface area contributed by atoms with Gasteiger partial charge in [0.2, 0.25) is 11.8 Å². The minimum absolute atomic E-state index is 0.211. The van der Waals surface area contributed by atoms with Crippen LogP contribution in [0.25, 0.3) is 0 Å². The number of esters is 1. The summed E-state index contributed by atoms with van der Waals surface area (Å²) in [7, 11) is 1.48. The van der Waals surface area contributed by atoms with Crippen molar-refractivity contribution in [1.82, 2.24) is 10.2 Å². The summed E-state index contributed by atoms with van der Waals surface area (Å²) in [4.78, 5) is 40.0. The molecule has 0 spiro atoms. The Hall–Kier alpha value is -1.57. The lowest BCUT2D eigenvalue weighted by Gasteiger charge is -2.32. The van der Waals surface area contributed by atoms with Crippen LogP contribution in [-0.2, 0) is 19.1 Å². The van der Waals surface area contributed by atoms with Crippen LogP contribution in [0.1, 0.15) is 24.9 Å². The van der Waals surface area contributed by atoms with E-state index in [1.54, 1.807) is 30.8 Å². The molecule has 0 aliphatic carbocycles. The first-order valence-electron chi connectivity index (χ1n) is 8.88. The third-order valence-electron chi connectivity index (χ3n) is 5.44. The van der Waals surface area contributed by atoms with Crippen LogP contribution in [0.2, 0.25) is 5.02 Å². The number of amides is 2. The first-order valence-corrected chi connectivity index (χ1v) is 10.6. The number of hydrogen-bond acceptors (Lipinski definition) is 6. The molecule has 3 rings (SSSR count). The number of carbonyl (C=O) groups excluding carboxylic acids is 3. The second kappa shape index (κ2) is 7.81. The Balaban J connectivity index is 2.10. The van der Waals surface area contributed by atoms with E-state index >= 15 is 0 Å². The van der Waals surface area contributed by atoms with Gasteiger partial charge in [-0.15, -0.1) is 0 Å². The Morgan fingerprint density at radius 2 is 1.96 bits per heavy atom. The molecule has 2 amide bonds. The highest BCUT2D eigenvalue weighted by atomic mass is 35.5. The summed E-state index contributed by atoms with van der Waals surface area (Å²) in [5.74, 6) is -1.83. The Kier molecular flexibility index (Phi) is 5.84. The number of thioether (sulfide) groups is 1. The Labute approximate surface area is 167 Å². The summed E-state index contributed by atoms with van der Waals surface area (Å²) in [5.41, 5.74) is -0.396. The zero-order chi connectivity index (χ0) is 19.8. The summed E-state index contributed by atoms with van der Waals surface area (Å²) in [5, 5.41) is 3.93. The maximum absolute atomic E-state index is 13.0. The molecule has 2 heterocycles. The molecule has 2 aliphatic heterocycles. The second-order valence-electron chi connectivity index (χ2n) is 6.85. The van der Waals surface area contributed by atoms with E-state index in [1.807, 2.05) is 18.4 Å². The van der Waals surface area contributed by atoms with Crippen LogP contribution < -0.4 is 5.32 Å². The van der Waals surface area contributed by atoms with E-state index in [4.69, 9.17) is 16.3 Å². The summed E-state index contributed by atoms with van der Waals surface area (Å²) >= 11 is 7.58. The highest BCUT2D eigenvalue weighted by molar-refractivity contribution is 7.98. The standard InChI is InChI=1S/C19H23ClN2O4S/c1-4-26-18(25)19(9-10-27-3)14-13(16(23)22(2)17(14)24)15(21-19)11-5-7-12(20)8-6-11/h5-8,13-15,21H,4,9-10H2,1-3H3/t13-,14+,15-,19-/m1/s1. The zero-order valence-corrected chi connectivity index (χ0v) is 17.1. The SMILES string of the molecule is CCOC(=O)[C@]1(CCSC)N[C@H](c2ccc(Cl)cc2)[C@@H]2C(=O)N(C)C(=O)[C@H]21. The van der Waals surface area contributed by atoms with Gasteiger partial charge in [0, 0.05) is 18.1 Å².